The van der Waals surface area contributed by atoms with Gasteiger partial charge in [0.1, 0.15) is 5.75 Å². The first kappa shape index (κ1) is 27.1. The van der Waals surface area contributed by atoms with Crippen molar-refractivity contribution in [3.63, 3.8) is 0 Å². The van der Waals surface area contributed by atoms with Crippen LogP contribution in [0.25, 0.3) is 0 Å². The van der Waals surface area contributed by atoms with Crippen molar-refractivity contribution in [3.8, 4) is 5.75 Å². The molecule has 1 rings (SSSR count). The SMILES string of the molecule is CCS(=O)(=O)N(C)CCCNC(=NC)NCc1cc(Cl)ccc1OC(F)F.I. The van der Waals surface area contributed by atoms with Crippen LogP contribution < -0.4 is 15.4 Å². The molecule has 12 heteroatoms. The van der Waals surface area contributed by atoms with E-state index in [1.165, 1.54) is 29.6 Å². The van der Waals surface area contributed by atoms with Crippen LogP contribution in [0.15, 0.2) is 23.2 Å². The van der Waals surface area contributed by atoms with E-state index in [1.54, 1.807) is 14.0 Å². The molecule has 28 heavy (non-hydrogen) atoms. The van der Waals surface area contributed by atoms with Crippen LogP contribution in [0.2, 0.25) is 5.02 Å². The van der Waals surface area contributed by atoms with E-state index in [0.717, 1.165) is 0 Å². The number of nitrogens with one attached hydrogen (secondary N) is 2. The number of alkyl halides is 2. The predicted octanol–water partition coefficient (Wildman–Crippen LogP) is 2.90. The minimum atomic E-state index is -3.20. The molecule has 162 valence electrons. The third-order valence-electron chi connectivity index (χ3n) is 3.69. The second kappa shape index (κ2) is 13.3. The quantitative estimate of drug-likeness (QED) is 0.201. The minimum absolute atomic E-state index is 0. The van der Waals surface area contributed by atoms with Crippen molar-refractivity contribution in [2.45, 2.75) is 26.5 Å². The van der Waals surface area contributed by atoms with Crippen molar-refractivity contribution >= 4 is 51.6 Å². The zero-order valence-electron chi connectivity index (χ0n) is 15.9. The summed E-state index contributed by atoms with van der Waals surface area (Å²) in [5, 5.41) is 6.41. The summed E-state index contributed by atoms with van der Waals surface area (Å²) in [6, 6.07) is 4.38. The van der Waals surface area contributed by atoms with Crippen LogP contribution in [0.4, 0.5) is 8.78 Å². The van der Waals surface area contributed by atoms with Crippen molar-refractivity contribution in [1.29, 1.82) is 0 Å². The van der Waals surface area contributed by atoms with Crippen molar-refractivity contribution in [2.75, 3.05) is 32.9 Å². The van der Waals surface area contributed by atoms with Crippen LogP contribution in [-0.2, 0) is 16.6 Å². The summed E-state index contributed by atoms with van der Waals surface area (Å²) in [5.41, 5.74) is 0.458. The Morgan fingerprint density at radius 1 is 1.36 bits per heavy atom. The van der Waals surface area contributed by atoms with Gasteiger partial charge in [-0.05, 0) is 31.5 Å². The molecule has 0 aromatic heterocycles. The fourth-order valence-electron chi connectivity index (χ4n) is 2.16. The van der Waals surface area contributed by atoms with Crippen LogP contribution in [0, 0.1) is 0 Å². The maximum absolute atomic E-state index is 12.5. The Morgan fingerprint density at radius 2 is 2.04 bits per heavy atom. The Morgan fingerprint density at radius 3 is 2.61 bits per heavy atom. The molecule has 0 spiro atoms. The standard InChI is InChI=1S/C16H25ClF2N4O3S.HI/c1-4-27(24,25)23(3)9-5-8-21-16(20-2)22-11-12-10-13(17)6-7-14(12)26-15(18)19;/h6-7,10,15H,4-5,8-9,11H2,1-3H3,(H2,20,21,22);1H. The molecule has 1 aromatic rings. The van der Waals surface area contributed by atoms with Gasteiger partial charge in [0, 0.05) is 44.3 Å². The zero-order valence-corrected chi connectivity index (χ0v) is 19.8. The number of hydrogen-bond acceptors (Lipinski definition) is 4. The van der Waals surface area contributed by atoms with E-state index in [1.807, 2.05) is 0 Å². The lowest BCUT2D eigenvalue weighted by molar-refractivity contribution is -0.0504. The molecule has 0 unspecified atom stereocenters. The number of rotatable bonds is 10. The third kappa shape index (κ3) is 9.52. The summed E-state index contributed by atoms with van der Waals surface area (Å²) < 4.78 is 54.1. The zero-order chi connectivity index (χ0) is 20.4. The molecule has 0 aliphatic carbocycles. The van der Waals surface area contributed by atoms with E-state index >= 15 is 0 Å². The van der Waals surface area contributed by atoms with Gasteiger partial charge >= 0.3 is 6.61 Å². The fourth-order valence-corrected chi connectivity index (χ4v) is 3.21. The molecule has 0 saturated heterocycles. The fraction of sp³-hybridized carbons (Fsp3) is 0.562. The molecule has 0 aliphatic heterocycles. The van der Waals surface area contributed by atoms with Crippen LogP contribution in [0.1, 0.15) is 18.9 Å². The first-order valence-electron chi connectivity index (χ1n) is 8.31. The van der Waals surface area contributed by atoms with E-state index in [4.69, 9.17) is 11.6 Å². The normalized spacial score (nSPS) is 12.1. The van der Waals surface area contributed by atoms with Gasteiger partial charge in [0.05, 0.1) is 5.75 Å². The van der Waals surface area contributed by atoms with Gasteiger partial charge < -0.3 is 15.4 Å². The highest BCUT2D eigenvalue weighted by atomic mass is 127. The van der Waals surface area contributed by atoms with Crippen LogP contribution >= 0.6 is 35.6 Å². The summed E-state index contributed by atoms with van der Waals surface area (Å²) in [7, 11) is -0.0933. The second-order valence-electron chi connectivity index (χ2n) is 5.56. The summed E-state index contributed by atoms with van der Waals surface area (Å²) in [6.45, 7) is -0.303. The maximum Gasteiger partial charge on any atom is 0.387 e. The second-order valence-corrected chi connectivity index (χ2v) is 8.36. The van der Waals surface area contributed by atoms with Crippen LogP contribution in [-0.4, -0.2) is 58.2 Å². The molecular weight excluding hydrogens is 529 g/mol. The van der Waals surface area contributed by atoms with Crippen molar-refractivity contribution < 1.29 is 21.9 Å². The van der Waals surface area contributed by atoms with E-state index in [0.29, 0.717) is 36.1 Å². The number of halogens is 4. The molecule has 0 saturated carbocycles. The highest BCUT2D eigenvalue weighted by molar-refractivity contribution is 14.0. The van der Waals surface area contributed by atoms with E-state index < -0.39 is 16.6 Å². The van der Waals surface area contributed by atoms with Crippen LogP contribution in [0.3, 0.4) is 0 Å². The average Bonchev–Trinajstić information content (AvgIpc) is 2.62. The number of ether oxygens (including phenoxy) is 1. The Balaban J connectivity index is 0.00000729. The van der Waals surface area contributed by atoms with Gasteiger partial charge in [-0.2, -0.15) is 8.78 Å². The molecule has 0 amide bonds. The number of benzene rings is 1. The molecule has 1 aromatic carbocycles. The van der Waals surface area contributed by atoms with Crippen molar-refractivity contribution in [3.05, 3.63) is 28.8 Å². The van der Waals surface area contributed by atoms with Crippen molar-refractivity contribution in [2.24, 2.45) is 4.99 Å². The molecule has 0 bridgehead atoms. The van der Waals surface area contributed by atoms with Crippen LogP contribution in [0.5, 0.6) is 5.75 Å². The predicted molar refractivity (Wildman–Crippen MR) is 118 cm³/mol. The maximum atomic E-state index is 12.5. The van der Waals surface area contributed by atoms with Gasteiger partial charge in [-0.3, -0.25) is 4.99 Å². The smallest absolute Gasteiger partial charge is 0.387 e. The largest absolute Gasteiger partial charge is 0.434 e. The Bertz CT molecular complexity index is 739. The lowest BCUT2D eigenvalue weighted by Gasteiger charge is -2.17. The highest BCUT2D eigenvalue weighted by Crippen LogP contribution is 2.24. The average molecular weight is 555 g/mol. The number of aliphatic imine (C=N–C) groups is 1. The Labute approximate surface area is 186 Å². The van der Waals surface area contributed by atoms with Gasteiger partial charge in [0.2, 0.25) is 10.0 Å². The summed E-state index contributed by atoms with van der Waals surface area (Å²) >= 11 is 5.91. The molecular formula is C16H26ClF2IN4O3S. The summed E-state index contributed by atoms with van der Waals surface area (Å²) in [6.07, 6.45) is 0.577. The lowest BCUT2D eigenvalue weighted by Crippen LogP contribution is -2.38. The molecule has 2 N–H and O–H groups in total. The number of hydrogen-bond donors (Lipinski definition) is 2. The topological polar surface area (TPSA) is 83.0 Å². The van der Waals surface area contributed by atoms with Gasteiger partial charge in [-0.1, -0.05) is 11.6 Å². The van der Waals surface area contributed by atoms with E-state index in [-0.39, 0.29) is 42.0 Å². The first-order chi connectivity index (χ1) is 12.7. The first-order valence-corrected chi connectivity index (χ1v) is 10.3. The molecule has 0 heterocycles. The molecule has 0 fully saturated rings. The number of guanidine groups is 1. The number of nitrogens with zero attached hydrogens (tertiary/aromatic N) is 2. The highest BCUT2D eigenvalue weighted by Gasteiger charge is 2.14. The van der Waals surface area contributed by atoms with Gasteiger partial charge in [0.25, 0.3) is 0 Å². The molecule has 0 aliphatic rings. The molecule has 0 atom stereocenters. The monoisotopic (exact) mass is 554 g/mol. The minimum Gasteiger partial charge on any atom is -0.434 e. The molecule has 7 nitrogen and oxygen atoms in total. The Kier molecular flexibility index (Phi) is 12.9. The lowest BCUT2D eigenvalue weighted by atomic mass is 10.2. The molecule has 0 radical (unpaired) electrons. The van der Waals surface area contributed by atoms with Gasteiger partial charge in [-0.25, -0.2) is 12.7 Å². The third-order valence-corrected chi connectivity index (χ3v) is 5.79. The summed E-state index contributed by atoms with van der Waals surface area (Å²) in [4.78, 5) is 4.04. The van der Waals surface area contributed by atoms with Gasteiger partial charge in [0.15, 0.2) is 5.96 Å². The Hall–Kier alpha value is -0.920. The summed E-state index contributed by atoms with van der Waals surface area (Å²) in [5.74, 6) is 0.533. The number of sulfonamides is 1. The van der Waals surface area contributed by atoms with E-state index in [2.05, 4.69) is 20.4 Å². The van der Waals surface area contributed by atoms with E-state index in [9.17, 15) is 17.2 Å². The van der Waals surface area contributed by atoms with Crippen molar-refractivity contribution in [1.82, 2.24) is 14.9 Å². The van der Waals surface area contributed by atoms with Gasteiger partial charge in [-0.15, -0.1) is 24.0 Å².